The average Bonchev–Trinajstić information content (AvgIpc) is 2.19. The van der Waals surface area contributed by atoms with Crippen LogP contribution in [0.3, 0.4) is 0 Å². The van der Waals surface area contributed by atoms with Crippen LogP contribution in [-0.4, -0.2) is 11.7 Å². The van der Waals surface area contributed by atoms with Crippen molar-refractivity contribution in [2.24, 2.45) is 5.90 Å². The summed E-state index contributed by atoms with van der Waals surface area (Å²) in [4.78, 5) is 4.51. The molecule has 0 saturated heterocycles. The van der Waals surface area contributed by atoms with Crippen molar-refractivity contribution in [2.75, 3.05) is 6.61 Å². The molecule has 4 heteroatoms. The van der Waals surface area contributed by atoms with Crippen molar-refractivity contribution in [1.82, 2.24) is 0 Å². The predicted molar refractivity (Wildman–Crippen MR) is 63.7 cm³/mol. The molecule has 3 nitrogen and oxygen atoms in total. The van der Waals surface area contributed by atoms with Crippen LogP contribution in [0.1, 0.15) is 30.9 Å². The standard InChI is InChI=1S/C11H16BrNO2/c1-7(2)9-5-8(3-4-15-13)11(14)10(12)6-9/h5-7,14H,3-4,13H2,1-2H3. The van der Waals surface area contributed by atoms with E-state index in [-0.39, 0.29) is 5.75 Å². The zero-order valence-corrected chi connectivity index (χ0v) is 10.5. The fraction of sp³-hybridized carbons (Fsp3) is 0.455. The van der Waals surface area contributed by atoms with E-state index in [1.165, 1.54) is 5.56 Å². The lowest BCUT2D eigenvalue weighted by Gasteiger charge is -2.11. The molecule has 0 unspecified atom stereocenters. The minimum Gasteiger partial charge on any atom is -0.506 e. The van der Waals surface area contributed by atoms with Gasteiger partial charge in [0.05, 0.1) is 11.1 Å². The van der Waals surface area contributed by atoms with Gasteiger partial charge in [-0.25, -0.2) is 5.90 Å². The van der Waals surface area contributed by atoms with E-state index in [1.807, 2.05) is 12.1 Å². The number of benzene rings is 1. The minimum atomic E-state index is 0.274. The number of hydrogen-bond donors (Lipinski definition) is 2. The van der Waals surface area contributed by atoms with Gasteiger partial charge in [0.25, 0.3) is 0 Å². The Balaban J connectivity index is 3.02. The molecule has 0 aliphatic carbocycles. The van der Waals surface area contributed by atoms with Gasteiger partial charge < -0.3 is 9.94 Å². The summed E-state index contributed by atoms with van der Waals surface area (Å²) in [7, 11) is 0. The predicted octanol–water partition coefficient (Wildman–Crippen LogP) is 2.71. The molecule has 0 amide bonds. The zero-order chi connectivity index (χ0) is 11.4. The number of phenols is 1. The number of hydrogen-bond acceptors (Lipinski definition) is 3. The molecule has 0 radical (unpaired) electrons. The smallest absolute Gasteiger partial charge is 0.133 e. The molecule has 0 aliphatic heterocycles. The highest BCUT2D eigenvalue weighted by atomic mass is 79.9. The van der Waals surface area contributed by atoms with Gasteiger partial charge in [0.1, 0.15) is 5.75 Å². The van der Waals surface area contributed by atoms with E-state index >= 15 is 0 Å². The first-order valence-electron chi connectivity index (χ1n) is 4.89. The van der Waals surface area contributed by atoms with E-state index < -0.39 is 0 Å². The van der Waals surface area contributed by atoms with E-state index in [0.29, 0.717) is 18.9 Å². The van der Waals surface area contributed by atoms with Gasteiger partial charge in [-0.15, -0.1) is 0 Å². The molecule has 0 saturated carbocycles. The van der Waals surface area contributed by atoms with Gasteiger partial charge in [0.2, 0.25) is 0 Å². The number of halogens is 1. The zero-order valence-electron chi connectivity index (χ0n) is 8.96. The molecular formula is C11H16BrNO2. The third-order valence-electron chi connectivity index (χ3n) is 2.32. The van der Waals surface area contributed by atoms with Crippen LogP contribution < -0.4 is 5.90 Å². The van der Waals surface area contributed by atoms with Gasteiger partial charge in [-0.05, 0) is 39.0 Å². The molecule has 15 heavy (non-hydrogen) atoms. The summed E-state index contributed by atoms with van der Waals surface area (Å²) in [5.41, 5.74) is 2.05. The first-order valence-corrected chi connectivity index (χ1v) is 5.68. The lowest BCUT2D eigenvalue weighted by Crippen LogP contribution is -2.04. The SMILES string of the molecule is CC(C)c1cc(Br)c(O)c(CCON)c1. The third-order valence-corrected chi connectivity index (χ3v) is 2.93. The Kier molecular flexibility index (Phi) is 4.57. The Morgan fingerprint density at radius 1 is 1.47 bits per heavy atom. The molecule has 3 N–H and O–H groups in total. The fourth-order valence-electron chi connectivity index (χ4n) is 1.37. The van der Waals surface area contributed by atoms with Gasteiger partial charge in [-0.2, -0.15) is 0 Å². The summed E-state index contributed by atoms with van der Waals surface area (Å²) in [5, 5.41) is 9.79. The molecule has 0 atom stereocenters. The highest BCUT2D eigenvalue weighted by Gasteiger charge is 2.09. The van der Waals surface area contributed by atoms with Crippen LogP contribution in [0.5, 0.6) is 5.75 Å². The van der Waals surface area contributed by atoms with E-state index in [0.717, 1.165) is 10.0 Å². The van der Waals surface area contributed by atoms with E-state index in [4.69, 9.17) is 5.90 Å². The first-order chi connectivity index (χ1) is 7.06. The third kappa shape index (κ3) is 3.19. The van der Waals surface area contributed by atoms with Crippen molar-refractivity contribution < 1.29 is 9.94 Å². The van der Waals surface area contributed by atoms with Crippen LogP contribution in [0, 0.1) is 0 Å². The Morgan fingerprint density at radius 2 is 2.13 bits per heavy atom. The number of nitrogens with two attached hydrogens (primary N) is 1. The molecule has 0 bridgehead atoms. The molecule has 0 spiro atoms. The second kappa shape index (κ2) is 5.49. The Morgan fingerprint density at radius 3 is 2.67 bits per heavy atom. The summed E-state index contributed by atoms with van der Waals surface area (Å²) >= 11 is 3.34. The van der Waals surface area contributed by atoms with Crippen molar-refractivity contribution >= 4 is 15.9 Å². The molecular weight excluding hydrogens is 258 g/mol. The van der Waals surface area contributed by atoms with Crippen LogP contribution in [0.15, 0.2) is 16.6 Å². The van der Waals surface area contributed by atoms with Crippen molar-refractivity contribution in [1.29, 1.82) is 0 Å². The van der Waals surface area contributed by atoms with E-state index in [9.17, 15) is 5.11 Å². The van der Waals surface area contributed by atoms with Gasteiger partial charge >= 0.3 is 0 Å². The monoisotopic (exact) mass is 273 g/mol. The number of rotatable bonds is 4. The van der Waals surface area contributed by atoms with Crippen molar-refractivity contribution in [3.05, 3.63) is 27.7 Å². The van der Waals surface area contributed by atoms with Gasteiger partial charge in [0.15, 0.2) is 0 Å². The topological polar surface area (TPSA) is 55.5 Å². The minimum absolute atomic E-state index is 0.274. The summed E-state index contributed by atoms with van der Waals surface area (Å²) < 4.78 is 0.723. The maximum atomic E-state index is 9.79. The quantitative estimate of drug-likeness (QED) is 0.830. The Hall–Kier alpha value is -0.580. The van der Waals surface area contributed by atoms with Crippen molar-refractivity contribution in [3.8, 4) is 5.75 Å². The van der Waals surface area contributed by atoms with Gasteiger partial charge in [-0.1, -0.05) is 19.9 Å². The maximum Gasteiger partial charge on any atom is 0.133 e. The highest BCUT2D eigenvalue weighted by molar-refractivity contribution is 9.10. The Labute approximate surface area is 98.3 Å². The highest BCUT2D eigenvalue weighted by Crippen LogP contribution is 2.32. The van der Waals surface area contributed by atoms with Gasteiger partial charge in [-0.3, -0.25) is 0 Å². The van der Waals surface area contributed by atoms with Crippen LogP contribution in [0.4, 0.5) is 0 Å². The summed E-state index contributed by atoms with van der Waals surface area (Å²) in [6.07, 6.45) is 0.613. The lowest BCUT2D eigenvalue weighted by atomic mass is 9.99. The van der Waals surface area contributed by atoms with Crippen LogP contribution >= 0.6 is 15.9 Å². The number of phenolic OH excluding ortho intramolecular Hbond substituents is 1. The molecule has 1 rings (SSSR count). The van der Waals surface area contributed by atoms with E-state index in [2.05, 4.69) is 34.6 Å². The van der Waals surface area contributed by atoms with Crippen molar-refractivity contribution in [3.63, 3.8) is 0 Å². The lowest BCUT2D eigenvalue weighted by molar-refractivity contribution is 0.140. The van der Waals surface area contributed by atoms with E-state index in [1.54, 1.807) is 0 Å². The largest absolute Gasteiger partial charge is 0.506 e. The first kappa shape index (κ1) is 12.5. The van der Waals surface area contributed by atoms with Gasteiger partial charge in [0, 0.05) is 6.42 Å². The second-order valence-corrected chi connectivity index (χ2v) is 4.64. The molecule has 0 fully saturated rings. The van der Waals surface area contributed by atoms with Crippen LogP contribution in [-0.2, 0) is 11.3 Å². The molecule has 1 aromatic rings. The second-order valence-electron chi connectivity index (χ2n) is 3.79. The summed E-state index contributed by atoms with van der Waals surface area (Å²) in [6.45, 7) is 4.63. The molecule has 1 aromatic carbocycles. The normalized spacial score (nSPS) is 11.0. The fourth-order valence-corrected chi connectivity index (χ4v) is 1.89. The molecule has 0 aromatic heterocycles. The average molecular weight is 274 g/mol. The molecule has 84 valence electrons. The molecule has 0 aliphatic rings. The van der Waals surface area contributed by atoms with Crippen LogP contribution in [0.2, 0.25) is 0 Å². The Bertz CT molecular complexity index is 340. The maximum absolute atomic E-state index is 9.79. The number of aromatic hydroxyl groups is 1. The summed E-state index contributed by atoms with van der Waals surface area (Å²) in [5.74, 6) is 5.67. The summed E-state index contributed by atoms with van der Waals surface area (Å²) in [6, 6.07) is 3.93. The van der Waals surface area contributed by atoms with Crippen LogP contribution in [0.25, 0.3) is 0 Å². The molecule has 0 heterocycles. The van der Waals surface area contributed by atoms with Crippen molar-refractivity contribution in [2.45, 2.75) is 26.2 Å².